The van der Waals surface area contributed by atoms with Gasteiger partial charge in [-0.3, -0.25) is 20.1 Å². The number of nitrogens with one attached hydrogen (secondary N) is 1. The first kappa shape index (κ1) is 16.8. The third kappa shape index (κ3) is 3.89. The van der Waals surface area contributed by atoms with Gasteiger partial charge in [0.05, 0.1) is 10.3 Å². The number of aliphatic hydroxyl groups excluding tert-OH is 1. The quantitative estimate of drug-likeness (QED) is 0.507. The molecule has 2 aromatic heterocycles. The fourth-order valence-corrected chi connectivity index (χ4v) is 2.76. The van der Waals surface area contributed by atoms with Crippen molar-refractivity contribution in [2.45, 2.75) is 6.42 Å². The number of aromatic nitrogens is 2. The van der Waals surface area contributed by atoms with Gasteiger partial charge in [0, 0.05) is 60.5 Å². The van der Waals surface area contributed by atoms with Crippen LogP contribution in [0.4, 0.5) is 11.4 Å². The molecule has 1 aromatic carbocycles. The SMILES string of the molecule is O=[N+]([O-])c1ccc(NCC(CO)Cc2ccccn2)c2ccncc12. The minimum Gasteiger partial charge on any atom is -0.396 e. The van der Waals surface area contributed by atoms with Crippen LogP contribution in [0, 0.1) is 16.0 Å². The van der Waals surface area contributed by atoms with E-state index in [9.17, 15) is 15.2 Å². The largest absolute Gasteiger partial charge is 0.396 e. The Balaban J connectivity index is 1.78. The average Bonchev–Trinajstić information content (AvgIpc) is 2.65. The van der Waals surface area contributed by atoms with Crippen LogP contribution in [0.25, 0.3) is 10.8 Å². The molecule has 1 atom stereocenters. The number of non-ortho nitro benzene ring substituents is 1. The Labute approximate surface area is 144 Å². The molecule has 0 bridgehead atoms. The molecular weight excluding hydrogens is 320 g/mol. The molecule has 0 aliphatic rings. The van der Waals surface area contributed by atoms with E-state index in [1.54, 1.807) is 24.5 Å². The maximum atomic E-state index is 11.2. The molecule has 0 saturated heterocycles. The molecule has 0 aliphatic heterocycles. The van der Waals surface area contributed by atoms with Crippen molar-refractivity contribution < 1.29 is 10.0 Å². The van der Waals surface area contributed by atoms with Gasteiger partial charge in [0.2, 0.25) is 0 Å². The minimum absolute atomic E-state index is 0.0121. The molecule has 0 amide bonds. The summed E-state index contributed by atoms with van der Waals surface area (Å²) < 4.78 is 0. The maximum Gasteiger partial charge on any atom is 0.278 e. The normalized spacial score (nSPS) is 12.0. The molecule has 3 aromatic rings. The lowest BCUT2D eigenvalue weighted by molar-refractivity contribution is -0.383. The second-order valence-electron chi connectivity index (χ2n) is 5.77. The van der Waals surface area contributed by atoms with E-state index < -0.39 is 4.92 Å². The number of anilines is 1. The van der Waals surface area contributed by atoms with Gasteiger partial charge < -0.3 is 10.4 Å². The molecule has 0 fully saturated rings. The summed E-state index contributed by atoms with van der Waals surface area (Å²) in [6.07, 6.45) is 5.48. The highest BCUT2D eigenvalue weighted by Crippen LogP contribution is 2.30. The third-order valence-electron chi connectivity index (χ3n) is 4.06. The fourth-order valence-electron chi connectivity index (χ4n) is 2.76. The van der Waals surface area contributed by atoms with Gasteiger partial charge in [-0.2, -0.15) is 0 Å². The first-order valence-electron chi connectivity index (χ1n) is 7.95. The van der Waals surface area contributed by atoms with Crippen LogP contribution in [0.2, 0.25) is 0 Å². The Kier molecular flexibility index (Phi) is 5.15. The average molecular weight is 338 g/mol. The van der Waals surface area contributed by atoms with Crippen LogP contribution in [0.3, 0.4) is 0 Å². The van der Waals surface area contributed by atoms with Crippen LogP contribution < -0.4 is 5.32 Å². The van der Waals surface area contributed by atoms with Crippen LogP contribution in [-0.4, -0.2) is 33.1 Å². The lowest BCUT2D eigenvalue weighted by Gasteiger charge is -2.16. The molecule has 1 unspecified atom stereocenters. The lowest BCUT2D eigenvalue weighted by Crippen LogP contribution is -2.20. The summed E-state index contributed by atoms with van der Waals surface area (Å²) >= 11 is 0. The standard InChI is InChI=1S/C18H18N4O3/c23-12-13(9-14-3-1-2-7-20-14)10-21-17-4-5-18(22(24)25)16-11-19-8-6-15(16)17/h1-8,11,13,21,23H,9-10,12H2. The summed E-state index contributed by atoms with van der Waals surface area (Å²) in [5.74, 6) is -0.0121. The van der Waals surface area contributed by atoms with E-state index in [-0.39, 0.29) is 18.2 Å². The Hall–Kier alpha value is -3.06. The molecule has 128 valence electrons. The number of rotatable bonds is 7. The third-order valence-corrected chi connectivity index (χ3v) is 4.06. The van der Waals surface area contributed by atoms with E-state index in [1.165, 1.54) is 12.3 Å². The molecule has 0 radical (unpaired) electrons. The molecule has 0 spiro atoms. The second kappa shape index (κ2) is 7.67. The summed E-state index contributed by atoms with van der Waals surface area (Å²) in [4.78, 5) is 19.0. The monoisotopic (exact) mass is 338 g/mol. The topological polar surface area (TPSA) is 101 Å². The van der Waals surface area contributed by atoms with Gasteiger partial charge in [-0.1, -0.05) is 6.07 Å². The van der Waals surface area contributed by atoms with Crippen LogP contribution in [0.15, 0.2) is 55.0 Å². The Morgan fingerprint density at radius 3 is 2.76 bits per heavy atom. The first-order valence-corrected chi connectivity index (χ1v) is 7.95. The predicted molar refractivity (Wildman–Crippen MR) is 95.4 cm³/mol. The number of fused-ring (bicyclic) bond motifs is 1. The fraction of sp³-hybridized carbons (Fsp3) is 0.222. The van der Waals surface area contributed by atoms with Crippen molar-refractivity contribution in [3.63, 3.8) is 0 Å². The van der Waals surface area contributed by atoms with E-state index in [2.05, 4.69) is 15.3 Å². The van der Waals surface area contributed by atoms with Crippen molar-refractivity contribution in [2.75, 3.05) is 18.5 Å². The molecule has 0 aliphatic carbocycles. The molecule has 7 nitrogen and oxygen atoms in total. The summed E-state index contributed by atoms with van der Waals surface area (Å²) in [5.41, 5.74) is 1.73. The molecule has 3 rings (SSSR count). The summed E-state index contributed by atoms with van der Waals surface area (Å²) in [6.45, 7) is 0.554. The molecule has 2 heterocycles. The highest BCUT2D eigenvalue weighted by atomic mass is 16.6. The highest BCUT2D eigenvalue weighted by Gasteiger charge is 2.15. The van der Waals surface area contributed by atoms with Crippen molar-refractivity contribution in [3.05, 3.63) is 70.8 Å². The molecule has 2 N–H and O–H groups in total. The van der Waals surface area contributed by atoms with Crippen molar-refractivity contribution >= 4 is 22.1 Å². The zero-order chi connectivity index (χ0) is 17.6. The number of nitro benzene ring substituents is 1. The maximum absolute atomic E-state index is 11.2. The summed E-state index contributed by atoms with van der Waals surface area (Å²) in [7, 11) is 0. The Morgan fingerprint density at radius 1 is 1.16 bits per heavy atom. The predicted octanol–water partition coefficient (Wildman–Crippen LogP) is 2.80. The van der Waals surface area contributed by atoms with Gasteiger partial charge in [0.25, 0.3) is 5.69 Å². The lowest BCUT2D eigenvalue weighted by atomic mass is 10.0. The van der Waals surface area contributed by atoms with Crippen LogP contribution in [0.5, 0.6) is 0 Å². The van der Waals surface area contributed by atoms with Crippen molar-refractivity contribution in [1.29, 1.82) is 0 Å². The molecule has 0 saturated carbocycles. The van der Waals surface area contributed by atoms with E-state index >= 15 is 0 Å². The van der Waals surface area contributed by atoms with E-state index in [0.29, 0.717) is 18.4 Å². The van der Waals surface area contributed by atoms with Gasteiger partial charge in [0.1, 0.15) is 0 Å². The Morgan fingerprint density at radius 2 is 2.04 bits per heavy atom. The highest BCUT2D eigenvalue weighted by molar-refractivity contribution is 5.99. The zero-order valence-corrected chi connectivity index (χ0v) is 13.5. The van der Waals surface area contributed by atoms with E-state index in [1.807, 2.05) is 18.2 Å². The number of nitro groups is 1. The van der Waals surface area contributed by atoms with Crippen molar-refractivity contribution in [1.82, 2.24) is 9.97 Å². The molecule has 7 heteroatoms. The first-order chi connectivity index (χ1) is 12.2. The number of hydrogen-bond donors (Lipinski definition) is 2. The van der Waals surface area contributed by atoms with Gasteiger partial charge >= 0.3 is 0 Å². The van der Waals surface area contributed by atoms with E-state index in [0.717, 1.165) is 16.8 Å². The van der Waals surface area contributed by atoms with Crippen LogP contribution in [-0.2, 0) is 6.42 Å². The van der Waals surface area contributed by atoms with Gasteiger partial charge in [0.15, 0.2) is 0 Å². The van der Waals surface area contributed by atoms with Crippen molar-refractivity contribution in [3.8, 4) is 0 Å². The zero-order valence-electron chi connectivity index (χ0n) is 13.5. The number of hydrogen-bond acceptors (Lipinski definition) is 6. The van der Waals surface area contributed by atoms with Crippen molar-refractivity contribution in [2.24, 2.45) is 5.92 Å². The van der Waals surface area contributed by atoms with Gasteiger partial charge in [-0.05, 0) is 30.7 Å². The van der Waals surface area contributed by atoms with Gasteiger partial charge in [-0.15, -0.1) is 0 Å². The molecule has 25 heavy (non-hydrogen) atoms. The minimum atomic E-state index is -0.411. The smallest absolute Gasteiger partial charge is 0.278 e. The number of benzene rings is 1. The van der Waals surface area contributed by atoms with Crippen LogP contribution >= 0.6 is 0 Å². The Bertz CT molecular complexity index is 871. The summed E-state index contributed by atoms with van der Waals surface area (Å²) in [6, 6.07) is 10.6. The number of pyridine rings is 2. The van der Waals surface area contributed by atoms with Gasteiger partial charge in [-0.25, -0.2) is 0 Å². The molecular formula is C18H18N4O3. The second-order valence-corrected chi connectivity index (χ2v) is 5.77. The van der Waals surface area contributed by atoms with E-state index in [4.69, 9.17) is 0 Å². The van der Waals surface area contributed by atoms with Crippen LogP contribution in [0.1, 0.15) is 5.69 Å². The number of aliphatic hydroxyl groups is 1. The summed E-state index contributed by atoms with van der Waals surface area (Å²) in [5, 5.41) is 25.3. The number of nitrogens with zero attached hydrogens (tertiary/aromatic N) is 3.